The summed E-state index contributed by atoms with van der Waals surface area (Å²) in [6.07, 6.45) is 2.64. The Morgan fingerprint density at radius 3 is 2.74 bits per heavy atom. The first kappa shape index (κ1) is 20.6. The third-order valence-electron chi connectivity index (χ3n) is 3.74. The minimum absolute atomic E-state index is 0. The zero-order chi connectivity index (χ0) is 15.6. The van der Waals surface area contributed by atoms with Crippen molar-refractivity contribution in [2.75, 3.05) is 32.5 Å². The number of guanidine groups is 1. The van der Waals surface area contributed by atoms with Gasteiger partial charge in [0.05, 0.1) is 6.54 Å². The van der Waals surface area contributed by atoms with Gasteiger partial charge in [0.15, 0.2) is 5.96 Å². The van der Waals surface area contributed by atoms with Crippen LogP contribution >= 0.6 is 35.7 Å². The highest BCUT2D eigenvalue weighted by Gasteiger charge is 2.16. The molecule has 6 heteroatoms. The van der Waals surface area contributed by atoms with Crippen LogP contribution in [0.1, 0.15) is 31.4 Å². The second-order valence-electron chi connectivity index (χ2n) is 5.37. The predicted molar refractivity (Wildman–Crippen MR) is 111 cm³/mol. The maximum absolute atomic E-state index is 5.58. The van der Waals surface area contributed by atoms with E-state index in [4.69, 9.17) is 4.74 Å². The lowest BCUT2D eigenvalue weighted by Crippen LogP contribution is -2.40. The average Bonchev–Trinajstić information content (AvgIpc) is 3.07. The summed E-state index contributed by atoms with van der Waals surface area (Å²) in [6, 6.07) is 10.3. The molecular formula is C17H28IN3OS. The summed E-state index contributed by atoms with van der Waals surface area (Å²) < 4.78 is 5.58. The molecule has 2 rings (SSSR count). The molecule has 1 aliphatic rings. The highest BCUT2D eigenvalue weighted by Crippen LogP contribution is 2.25. The van der Waals surface area contributed by atoms with E-state index in [1.807, 2.05) is 18.2 Å². The van der Waals surface area contributed by atoms with Crippen LogP contribution in [-0.2, 0) is 4.74 Å². The first-order valence-corrected chi connectivity index (χ1v) is 9.10. The summed E-state index contributed by atoms with van der Waals surface area (Å²) in [5.41, 5.74) is 1.16. The van der Waals surface area contributed by atoms with Gasteiger partial charge in [-0.05, 0) is 31.1 Å². The fraction of sp³-hybridized carbons (Fsp3) is 0.588. The number of aliphatic imine (C=N–C) groups is 1. The highest BCUT2D eigenvalue weighted by molar-refractivity contribution is 14.0. The fourth-order valence-electron chi connectivity index (χ4n) is 2.52. The molecule has 2 unspecified atom stereocenters. The van der Waals surface area contributed by atoms with E-state index in [0.717, 1.165) is 29.9 Å². The number of nitrogens with zero attached hydrogens (tertiary/aromatic N) is 1. The number of thioether (sulfide) groups is 1. The molecule has 0 amide bonds. The maximum Gasteiger partial charge on any atom is 0.191 e. The minimum atomic E-state index is -0.00230. The molecule has 2 N–H and O–H groups in total. The van der Waals surface area contributed by atoms with Crippen molar-refractivity contribution >= 4 is 41.7 Å². The van der Waals surface area contributed by atoms with Crippen LogP contribution in [0.3, 0.4) is 0 Å². The molecule has 2 atom stereocenters. The number of nitrogens with one attached hydrogen (secondary N) is 2. The van der Waals surface area contributed by atoms with Gasteiger partial charge in [-0.1, -0.05) is 30.3 Å². The van der Waals surface area contributed by atoms with Gasteiger partial charge in [0.2, 0.25) is 0 Å². The average molecular weight is 449 g/mol. The van der Waals surface area contributed by atoms with Gasteiger partial charge in [-0.25, -0.2) is 0 Å². The van der Waals surface area contributed by atoms with E-state index in [1.165, 1.54) is 18.6 Å². The molecule has 1 saturated heterocycles. The molecule has 0 saturated carbocycles. The summed E-state index contributed by atoms with van der Waals surface area (Å²) in [6.45, 7) is 4.56. The second-order valence-corrected chi connectivity index (χ2v) is 6.78. The zero-order valence-electron chi connectivity index (χ0n) is 14.0. The lowest BCUT2D eigenvalue weighted by atomic mass is 10.1. The predicted octanol–water partition coefficient (Wildman–Crippen LogP) is 3.44. The van der Waals surface area contributed by atoms with Crippen molar-refractivity contribution in [1.82, 2.24) is 10.6 Å². The van der Waals surface area contributed by atoms with Gasteiger partial charge in [0, 0.05) is 25.4 Å². The Kier molecular flexibility index (Phi) is 10.7. The summed E-state index contributed by atoms with van der Waals surface area (Å²) in [4.78, 5) is 4.68. The Morgan fingerprint density at radius 2 is 2.13 bits per heavy atom. The van der Waals surface area contributed by atoms with Crippen LogP contribution in [0.4, 0.5) is 0 Å². The number of halogens is 1. The minimum Gasteiger partial charge on any atom is -0.375 e. The van der Waals surface area contributed by atoms with Crippen LogP contribution < -0.4 is 10.6 Å². The quantitative estimate of drug-likeness (QED) is 0.381. The standard InChI is InChI=1S/C17H27N3OS.HI/c1-3-18-17(19-12-15-10-7-11-22-15)20-13-16(21-2)14-8-5-4-6-9-14;/h4-6,8-9,15-16H,3,7,10-13H2,1-2H3,(H2,18,19,20);1H. The van der Waals surface area contributed by atoms with E-state index in [0.29, 0.717) is 6.54 Å². The van der Waals surface area contributed by atoms with Crippen molar-refractivity contribution in [3.05, 3.63) is 35.9 Å². The molecule has 130 valence electrons. The Hall–Kier alpha value is -0.470. The monoisotopic (exact) mass is 449 g/mol. The zero-order valence-corrected chi connectivity index (χ0v) is 17.1. The topological polar surface area (TPSA) is 45.7 Å². The van der Waals surface area contributed by atoms with Gasteiger partial charge in [0.1, 0.15) is 6.10 Å². The van der Waals surface area contributed by atoms with Crippen LogP contribution in [0.2, 0.25) is 0 Å². The van der Waals surface area contributed by atoms with Crippen molar-refractivity contribution in [1.29, 1.82) is 0 Å². The maximum atomic E-state index is 5.58. The SMILES string of the molecule is CCNC(=NCC(OC)c1ccccc1)NCC1CCCS1.I. The first-order valence-electron chi connectivity index (χ1n) is 8.05. The number of hydrogen-bond donors (Lipinski definition) is 2. The van der Waals surface area contributed by atoms with Gasteiger partial charge in [-0.2, -0.15) is 11.8 Å². The summed E-state index contributed by atoms with van der Waals surface area (Å²) in [7, 11) is 1.74. The lowest BCUT2D eigenvalue weighted by molar-refractivity contribution is 0.111. The van der Waals surface area contributed by atoms with Crippen LogP contribution in [-0.4, -0.2) is 43.7 Å². The molecule has 1 heterocycles. The van der Waals surface area contributed by atoms with Crippen molar-refractivity contribution < 1.29 is 4.74 Å². The molecule has 0 aliphatic carbocycles. The van der Waals surface area contributed by atoms with Crippen LogP contribution in [0.25, 0.3) is 0 Å². The van der Waals surface area contributed by atoms with E-state index >= 15 is 0 Å². The van der Waals surface area contributed by atoms with Crippen LogP contribution in [0, 0.1) is 0 Å². The van der Waals surface area contributed by atoms with Crippen molar-refractivity contribution in [3.63, 3.8) is 0 Å². The van der Waals surface area contributed by atoms with E-state index in [2.05, 4.69) is 46.4 Å². The third kappa shape index (κ3) is 7.30. The lowest BCUT2D eigenvalue weighted by Gasteiger charge is -2.17. The summed E-state index contributed by atoms with van der Waals surface area (Å²) in [5, 5.41) is 7.49. The first-order chi connectivity index (χ1) is 10.8. The van der Waals surface area contributed by atoms with Crippen LogP contribution in [0.15, 0.2) is 35.3 Å². The molecular weight excluding hydrogens is 421 g/mol. The van der Waals surface area contributed by atoms with Crippen molar-refractivity contribution in [2.45, 2.75) is 31.1 Å². The number of rotatable bonds is 7. The molecule has 4 nitrogen and oxygen atoms in total. The molecule has 0 radical (unpaired) electrons. The van der Waals surface area contributed by atoms with Crippen molar-refractivity contribution in [3.8, 4) is 0 Å². The molecule has 1 aromatic carbocycles. The molecule has 1 fully saturated rings. The molecule has 23 heavy (non-hydrogen) atoms. The number of benzene rings is 1. The molecule has 0 spiro atoms. The highest BCUT2D eigenvalue weighted by atomic mass is 127. The molecule has 0 bridgehead atoms. The second kappa shape index (κ2) is 12.0. The summed E-state index contributed by atoms with van der Waals surface area (Å²) in [5.74, 6) is 2.17. The number of ether oxygens (including phenoxy) is 1. The largest absolute Gasteiger partial charge is 0.375 e. The molecule has 0 aromatic heterocycles. The van der Waals surface area contributed by atoms with E-state index in [9.17, 15) is 0 Å². The van der Waals surface area contributed by atoms with E-state index < -0.39 is 0 Å². The third-order valence-corrected chi connectivity index (χ3v) is 5.13. The van der Waals surface area contributed by atoms with Gasteiger partial charge in [0.25, 0.3) is 0 Å². The Balaban J connectivity index is 0.00000264. The van der Waals surface area contributed by atoms with Crippen molar-refractivity contribution in [2.24, 2.45) is 4.99 Å². The fourth-order valence-corrected chi connectivity index (χ4v) is 3.72. The normalized spacial score (nSPS) is 19.0. The molecule has 1 aliphatic heterocycles. The number of methoxy groups -OCH3 is 1. The summed E-state index contributed by atoms with van der Waals surface area (Å²) >= 11 is 2.06. The molecule has 1 aromatic rings. The van der Waals surface area contributed by atoms with Gasteiger partial charge >= 0.3 is 0 Å². The Bertz CT molecular complexity index is 452. The number of hydrogen-bond acceptors (Lipinski definition) is 3. The van der Waals surface area contributed by atoms with E-state index in [-0.39, 0.29) is 30.1 Å². The van der Waals surface area contributed by atoms with E-state index in [1.54, 1.807) is 7.11 Å². The van der Waals surface area contributed by atoms with Gasteiger partial charge < -0.3 is 15.4 Å². The smallest absolute Gasteiger partial charge is 0.191 e. The van der Waals surface area contributed by atoms with Crippen LogP contribution in [0.5, 0.6) is 0 Å². The van der Waals surface area contributed by atoms with Gasteiger partial charge in [-0.15, -0.1) is 24.0 Å². The Labute approximate surface area is 161 Å². The van der Waals surface area contributed by atoms with Gasteiger partial charge in [-0.3, -0.25) is 4.99 Å². The Morgan fingerprint density at radius 1 is 1.35 bits per heavy atom.